The molecule has 3 rings (SSSR count). The lowest BCUT2D eigenvalue weighted by molar-refractivity contribution is -0.149. The average molecular weight is 395 g/mol. The van der Waals surface area contributed by atoms with E-state index >= 15 is 0 Å². The molecule has 1 fully saturated rings. The van der Waals surface area contributed by atoms with Crippen molar-refractivity contribution in [2.75, 3.05) is 6.54 Å². The van der Waals surface area contributed by atoms with Gasteiger partial charge in [-0.3, -0.25) is 4.90 Å². The second-order valence-corrected chi connectivity index (χ2v) is 8.82. The zero-order valence-corrected chi connectivity index (χ0v) is 17.6. The van der Waals surface area contributed by atoms with E-state index in [1.165, 1.54) is 10.5 Å². The first kappa shape index (κ1) is 20.9. The first-order valence-corrected chi connectivity index (χ1v) is 10.0. The summed E-state index contributed by atoms with van der Waals surface area (Å²) in [6.07, 6.45) is 0.743. The van der Waals surface area contributed by atoms with Gasteiger partial charge in [-0.1, -0.05) is 54.1 Å². The highest BCUT2D eigenvalue weighted by molar-refractivity contribution is 5.85. The van der Waals surface area contributed by atoms with Crippen LogP contribution in [0.15, 0.2) is 48.5 Å². The molecule has 1 unspecified atom stereocenters. The smallest absolute Gasteiger partial charge is 0.411 e. The minimum atomic E-state index is -1.28. The molecule has 0 aliphatic carbocycles. The maximum absolute atomic E-state index is 12.7. The van der Waals surface area contributed by atoms with Gasteiger partial charge in [-0.05, 0) is 57.2 Å². The fraction of sp³-hybridized carbons (Fsp3) is 0.417. The Balaban J connectivity index is 1.91. The molecule has 154 valence electrons. The molecule has 0 bridgehead atoms. The summed E-state index contributed by atoms with van der Waals surface area (Å²) in [5.41, 5.74) is 2.24. The number of aryl methyl sites for hydroxylation is 1. The number of benzene rings is 2. The molecule has 1 N–H and O–H groups in total. The van der Waals surface area contributed by atoms with Crippen molar-refractivity contribution in [1.82, 2.24) is 4.90 Å². The number of amides is 1. The summed E-state index contributed by atoms with van der Waals surface area (Å²) >= 11 is 0. The highest BCUT2D eigenvalue weighted by atomic mass is 16.6. The normalized spacial score (nSPS) is 19.2. The Morgan fingerprint density at radius 2 is 1.79 bits per heavy atom. The number of carbonyl (C=O) groups excluding carboxylic acids is 1. The van der Waals surface area contributed by atoms with Crippen LogP contribution in [0.4, 0.5) is 4.79 Å². The minimum absolute atomic E-state index is 0.251. The molecule has 1 saturated heterocycles. The van der Waals surface area contributed by atoms with Crippen LogP contribution in [0.25, 0.3) is 11.1 Å². The third-order valence-electron chi connectivity index (χ3n) is 5.31. The zero-order valence-electron chi connectivity index (χ0n) is 17.6. The molecule has 0 saturated carbocycles. The van der Waals surface area contributed by atoms with Crippen LogP contribution in [0.2, 0.25) is 0 Å². The Hall–Kier alpha value is -2.82. The van der Waals surface area contributed by atoms with Crippen molar-refractivity contribution in [2.45, 2.75) is 58.1 Å². The third-order valence-corrected chi connectivity index (χ3v) is 5.31. The molecule has 2 aromatic rings. The molecular weight excluding hydrogens is 366 g/mol. The number of rotatable bonds is 4. The maximum atomic E-state index is 12.7. The van der Waals surface area contributed by atoms with Gasteiger partial charge in [0.2, 0.25) is 0 Å². The lowest BCUT2D eigenvalue weighted by Gasteiger charge is -2.36. The van der Waals surface area contributed by atoms with Gasteiger partial charge in [0.1, 0.15) is 11.1 Å². The summed E-state index contributed by atoms with van der Waals surface area (Å²) in [5, 5.41) is 10.1. The molecule has 1 heterocycles. The summed E-state index contributed by atoms with van der Waals surface area (Å²) in [6.45, 7) is 7.79. The number of hydrogen-bond donors (Lipinski definition) is 1. The van der Waals surface area contributed by atoms with Crippen LogP contribution in [0.1, 0.15) is 44.7 Å². The van der Waals surface area contributed by atoms with E-state index in [0.717, 1.165) is 16.7 Å². The van der Waals surface area contributed by atoms with Gasteiger partial charge >= 0.3 is 12.1 Å². The number of ether oxygens (including phenoxy) is 1. The van der Waals surface area contributed by atoms with Crippen LogP contribution in [-0.2, 0) is 16.0 Å². The van der Waals surface area contributed by atoms with Gasteiger partial charge in [0, 0.05) is 13.0 Å². The van der Waals surface area contributed by atoms with Crippen LogP contribution in [-0.4, -0.2) is 39.8 Å². The molecule has 0 spiro atoms. The number of carboxylic acid groups (broad SMARTS) is 1. The predicted octanol–water partition coefficient (Wildman–Crippen LogP) is 5.06. The van der Waals surface area contributed by atoms with Crippen molar-refractivity contribution >= 4 is 12.1 Å². The van der Waals surface area contributed by atoms with Gasteiger partial charge < -0.3 is 9.84 Å². The molecule has 1 aliphatic heterocycles. The number of nitrogens with zero attached hydrogens (tertiary/aromatic N) is 1. The lowest BCUT2D eigenvalue weighted by atomic mass is 9.87. The van der Waals surface area contributed by atoms with Gasteiger partial charge in [0.15, 0.2) is 0 Å². The number of hydrogen-bond acceptors (Lipinski definition) is 3. The monoisotopic (exact) mass is 395 g/mol. The van der Waals surface area contributed by atoms with Gasteiger partial charge in [0.05, 0.1) is 0 Å². The van der Waals surface area contributed by atoms with Gasteiger partial charge in [-0.2, -0.15) is 0 Å². The van der Waals surface area contributed by atoms with Crippen molar-refractivity contribution in [3.8, 4) is 11.1 Å². The third kappa shape index (κ3) is 4.61. The Labute approximate surface area is 172 Å². The fourth-order valence-corrected chi connectivity index (χ4v) is 3.89. The summed E-state index contributed by atoms with van der Waals surface area (Å²) in [6, 6.07) is 16.1. The molecular formula is C24H29NO4. The van der Waals surface area contributed by atoms with E-state index in [0.29, 0.717) is 19.4 Å². The molecule has 0 aromatic heterocycles. The van der Waals surface area contributed by atoms with Crippen LogP contribution in [0.5, 0.6) is 0 Å². The zero-order chi connectivity index (χ0) is 21.2. The van der Waals surface area contributed by atoms with Crippen molar-refractivity contribution < 1.29 is 19.4 Å². The molecule has 5 heteroatoms. The van der Waals surface area contributed by atoms with Crippen molar-refractivity contribution in [2.24, 2.45) is 0 Å². The van der Waals surface area contributed by atoms with Crippen LogP contribution < -0.4 is 0 Å². The van der Waals surface area contributed by atoms with E-state index in [2.05, 4.69) is 24.3 Å². The highest BCUT2D eigenvalue weighted by Crippen LogP contribution is 2.35. The first-order valence-electron chi connectivity index (χ1n) is 10.0. The number of likely N-dealkylation sites (tertiary alicyclic amines) is 1. The average Bonchev–Trinajstić information content (AvgIpc) is 3.06. The summed E-state index contributed by atoms with van der Waals surface area (Å²) < 4.78 is 5.49. The van der Waals surface area contributed by atoms with Gasteiger partial charge in [-0.15, -0.1) is 0 Å². The predicted molar refractivity (Wildman–Crippen MR) is 113 cm³/mol. The molecule has 5 nitrogen and oxygen atoms in total. The van der Waals surface area contributed by atoms with Crippen molar-refractivity contribution in [3.63, 3.8) is 0 Å². The molecule has 1 atom stereocenters. The van der Waals surface area contributed by atoms with Gasteiger partial charge in [-0.25, -0.2) is 9.59 Å². The Kier molecular flexibility index (Phi) is 5.69. The maximum Gasteiger partial charge on any atom is 0.411 e. The topological polar surface area (TPSA) is 66.8 Å². The van der Waals surface area contributed by atoms with Crippen LogP contribution in [0, 0.1) is 6.92 Å². The Morgan fingerprint density at radius 3 is 2.41 bits per heavy atom. The minimum Gasteiger partial charge on any atom is -0.479 e. The molecule has 2 aromatic carbocycles. The molecule has 1 amide bonds. The standard InChI is InChI=1S/C24H29NO4/c1-17-9-11-19(12-10-17)20-8-5-7-18(15-20)16-24(21(26)27)13-6-14-25(24)22(28)29-23(2,3)4/h5,7-12,15H,6,13-14,16H2,1-4H3,(H,26,27). The number of aliphatic carboxylic acids is 1. The number of carboxylic acids is 1. The molecule has 29 heavy (non-hydrogen) atoms. The van der Waals surface area contributed by atoms with Crippen molar-refractivity contribution in [1.29, 1.82) is 0 Å². The van der Waals surface area contributed by atoms with E-state index in [9.17, 15) is 14.7 Å². The van der Waals surface area contributed by atoms with Gasteiger partial charge in [0.25, 0.3) is 0 Å². The van der Waals surface area contributed by atoms with E-state index in [1.54, 1.807) is 20.8 Å². The molecule has 0 radical (unpaired) electrons. The van der Waals surface area contributed by atoms with E-state index < -0.39 is 23.2 Å². The van der Waals surface area contributed by atoms with E-state index in [-0.39, 0.29) is 6.42 Å². The summed E-state index contributed by atoms with van der Waals surface area (Å²) in [4.78, 5) is 26.5. The lowest BCUT2D eigenvalue weighted by Crippen LogP contribution is -2.55. The number of carbonyl (C=O) groups is 2. The summed E-state index contributed by atoms with van der Waals surface area (Å²) in [7, 11) is 0. The van der Waals surface area contributed by atoms with E-state index in [4.69, 9.17) is 4.74 Å². The van der Waals surface area contributed by atoms with Crippen LogP contribution in [0.3, 0.4) is 0 Å². The Bertz CT molecular complexity index is 898. The SMILES string of the molecule is Cc1ccc(-c2cccc(CC3(C(=O)O)CCCN3C(=O)OC(C)(C)C)c2)cc1. The van der Waals surface area contributed by atoms with Crippen LogP contribution >= 0.6 is 0 Å². The van der Waals surface area contributed by atoms with Crippen molar-refractivity contribution in [3.05, 3.63) is 59.7 Å². The molecule has 1 aliphatic rings. The second kappa shape index (κ2) is 7.90. The first-order chi connectivity index (χ1) is 13.6. The van der Waals surface area contributed by atoms with E-state index in [1.807, 2.05) is 31.2 Å². The second-order valence-electron chi connectivity index (χ2n) is 8.82. The highest BCUT2D eigenvalue weighted by Gasteiger charge is 2.51. The Morgan fingerprint density at radius 1 is 1.10 bits per heavy atom. The largest absolute Gasteiger partial charge is 0.479 e. The fourth-order valence-electron chi connectivity index (χ4n) is 3.89. The summed E-state index contributed by atoms with van der Waals surface area (Å²) in [5.74, 6) is -0.985. The quantitative estimate of drug-likeness (QED) is 0.786.